The predicted octanol–water partition coefficient (Wildman–Crippen LogP) is 1.46. The van der Waals surface area contributed by atoms with Crippen LogP contribution in [0.3, 0.4) is 0 Å². The number of hydrogen-bond donors (Lipinski definition) is 2. The first-order valence-corrected chi connectivity index (χ1v) is 3.86. The normalized spacial score (nSPS) is 12.5. The lowest BCUT2D eigenvalue weighted by Crippen LogP contribution is -2.06. The van der Waals surface area contributed by atoms with Gasteiger partial charge in [0.1, 0.15) is 0 Å². The minimum Gasteiger partial charge on any atom is -0.502 e. The van der Waals surface area contributed by atoms with E-state index in [1.165, 1.54) is 13.0 Å². The third-order valence-corrected chi connectivity index (χ3v) is 1.81. The molecule has 0 amide bonds. The molecule has 0 radical (unpaired) electrons. The highest BCUT2D eigenvalue weighted by atomic mass is 19.1. The molecular formula is C8H9FN2O3. The van der Waals surface area contributed by atoms with E-state index in [-0.39, 0.29) is 5.56 Å². The number of phenolic OH excluding ortho intramolecular Hbond substituents is 1. The summed E-state index contributed by atoms with van der Waals surface area (Å²) in [7, 11) is 0. The van der Waals surface area contributed by atoms with E-state index in [1.807, 2.05) is 0 Å². The van der Waals surface area contributed by atoms with E-state index in [4.69, 9.17) is 5.73 Å². The summed E-state index contributed by atoms with van der Waals surface area (Å²) in [6.45, 7) is 1.54. The Hall–Kier alpha value is -1.69. The molecule has 0 aliphatic rings. The van der Waals surface area contributed by atoms with Gasteiger partial charge in [-0.15, -0.1) is 0 Å². The fraction of sp³-hybridized carbons (Fsp3) is 0.250. The van der Waals surface area contributed by atoms with Gasteiger partial charge in [-0.1, -0.05) is 6.07 Å². The molecule has 0 fully saturated rings. The third-order valence-electron chi connectivity index (χ3n) is 1.81. The molecule has 0 saturated heterocycles. The third kappa shape index (κ3) is 1.64. The maximum atomic E-state index is 12.9. The lowest BCUT2D eigenvalue weighted by molar-refractivity contribution is -0.388. The number of halogens is 1. The van der Waals surface area contributed by atoms with Crippen LogP contribution in [0.25, 0.3) is 0 Å². The van der Waals surface area contributed by atoms with Gasteiger partial charge in [0.25, 0.3) is 0 Å². The summed E-state index contributed by atoms with van der Waals surface area (Å²) < 4.78 is 12.9. The van der Waals surface area contributed by atoms with E-state index >= 15 is 0 Å². The molecule has 1 aromatic rings. The lowest BCUT2D eigenvalue weighted by atomic mass is 10.1. The summed E-state index contributed by atoms with van der Waals surface area (Å²) in [4.78, 5) is 9.41. The highest BCUT2D eigenvalue weighted by Gasteiger charge is 2.24. The molecule has 3 N–H and O–H groups in total. The number of nitro groups is 1. The van der Waals surface area contributed by atoms with E-state index in [1.54, 1.807) is 0 Å². The zero-order valence-corrected chi connectivity index (χ0v) is 7.40. The minimum atomic E-state index is -1.07. The average Bonchev–Trinajstić information content (AvgIpc) is 2.02. The zero-order valence-electron chi connectivity index (χ0n) is 7.40. The van der Waals surface area contributed by atoms with E-state index in [0.717, 1.165) is 6.07 Å². The largest absolute Gasteiger partial charge is 0.502 e. The summed E-state index contributed by atoms with van der Waals surface area (Å²) in [5.41, 5.74) is 4.65. The van der Waals surface area contributed by atoms with Gasteiger partial charge in [-0.25, -0.2) is 0 Å². The first kappa shape index (κ1) is 10.4. The van der Waals surface area contributed by atoms with Crippen molar-refractivity contribution in [2.45, 2.75) is 13.0 Å². The average molecular weight is 200 g/mol. The van der Waals surface area contributed by atoms with Crippen molar-refractivity contribution in [2.24, 2.45) is 5.73 Å². The van der Waals surface area contributed by atoms with Gasteiger partial charge in [-0.3, -0.25) is 10.1 Å². The second kappa shape index (κ2) is 3.59. The fourth-order valence-corrected chi connectivity index (χ4v) is 1.11. The molecule has 5 nitrogen and oxygen atoms in total. The maximum Gasteiger partial charge on any atom is 0.346 e. The van der Waals surface area contributed by atoms with Crippen LogP contribution < -0.4 is 5.73 Å². The van der Waals surface area contributed by atoms with Crippen LogP contribution in [0.2, 0.25) is 0 Å². The van der Waals surface area contributed by atoms with Gasteiger partial charge in [-0.05, 0) is 13.0 Å². The van der Waals surface area contributed by atoms with E-state index in [9.17, 15) is 19.6 Å². The monoisotopic (exact) mass is 200 g/mol. The Balaban J connectivity index is 3.41. The van der Waals surface area contributed by atoms with Crippen molar-refractivity contribution in [3.05, 3.63) is 33.6 Å². The highest BCUT2D eigenvalue weighted by Crippen LogP contribution is 2.34. The molecule has 0 spiro atoms. The Labute approximate surface area is 79.1 Å². The van der Waals surface area contributed by atoms with Crippen LogP contribution in [0.1, 0.15) is 18.5 Å². The number of aromatic hydroxyl groups is 1. The molecule has 76 valence electrons. The molecule has 1 atom stereocenters. The Bertz CT molecular complexity index is 379. The lowest BCUT2D eigenvalue weighted by Gasteiger charge is -2.08. The Morgan fingerprint density at radius 1 is 1.64 bits per heavy atom. The first-order chi connectivity index (χ1) is 6.45. The van der Waals surface area contributed by atoms with Gasteiger partial charge in [0.05, 0.1) is 4.92 Å². The van der Waals surface area contributed by atoms with Crippen molar-refractivity contribution < 1.29 is 14.4 Å². The molecule has 0 heterocycles. The Morgan fingerprint density at radius 3 is 2.64 bits per heavy atom. The Kier molecular flexibility index (Phi) is 2.66. The first-order valence-electron chi connectivity index (χ1n) is 3.86. The summed E-state index contributed by atoms with van der Waals surface area (Å²) in [6, 6.07) is 1.55. The highest BCUT2D eigenvalue weighted by molar-refractivity contribution is 5.52. The summed E-state index contributed by atoms with van der Waals surface area (Å²) >= 11 is 0. The van der Waals surface area contributed by atoms with Crippen LogP contribution in [-0.2, 0) is 0 Å². The van der Waals surface area contributed by atoms with Crippen LogP contribution in [-0.4, -0.2) is 10.0 Å². The molecular weight excluding hydrogens is 191 g/mol. The van der Waals surface area contributed by atoms with Crippen molar-refractivity contribution in [2.75, 3.05) is 0 Å². The molecule has 1 rings (SSSR count). The van der Waals surface area contributed by atoms with Crippen LogP contribution >= 0.6 is 0 Å². The smallest absolute Gasteiger partial charge is 0.346 e. The Morgan fingerprint density at radius 2 is 2.21 bits per heavy atom. The minimum absolute atomic E-state index is 0.151. The van der Waals surface area contributed by atoms with Gasteiger partial charge in [-0.2, -0.15) is 4.39 Å². The number of phenols is 1. The maximum absolute atomic E-state index is 12.9. The molecule has 1 aromatic carbocycles. The van der Waals surface area contributed by atoms with Crippen LogP contribution in [0, 0.1) is 15.9 Å². The summed E-state index contributed by atoms with van der Waals surface area (Å²) in [5.74, 6) is -1.78. The van der Waals surface area contributed by atoms with Crippen LogP contribution in [0.5, 0.6) is 5.75 Å². The number of nitro benzene ring substituents is 1. The van der Waals surface area contributed by atoms with E-state index < -0.39 is 28.2 Å². The van der Waals surface area contributed by atoms with Gasteiger partial charge in [0, 0.05) is 11.6 Å². The molecule has 6 heteroatoms. The topological polar surface area (TPSA) is 89.4 Å². The van der Waals surface area contributed by atoms with Gasteiger partial charge < -0.3 is 10.8 Å². The van der Waals surface area contributed by atoms with Gasteiger partial charge in [0.15, 0.2) is 0 Å². The number of rotatable bonds is 2. The van der Waals surface area contributed by atoms with E-state index in [0.29, 0.717) is 0 Å². The molecule has 0 saturated carbocycles. The standard InChI is InChI=1S/C8H9FN2O3/c1-4(10)5-2-3-6(9)7(8(5)12)11(13)14/h2-4,12H,10H2,1H3/t4-/m1/s1. The van der Waals surface area contributed by atoms with E-state index in [2.05, 4.69) is 0 Å². The second-order valence-electron chi connectivity index (χ2n) is 2.88. The van der Waals surface area contributed by atoms with Gasteiger partial charge >= 0.3 is 5.69 Å². The van der Waals surface area contributed by atoms with Crippen molar-refractivity contribution in [3.8, 4) is 5.75 Å². The SMILES string of the molecule is C[C@@H](N)c1ccc(F)c([N+](=O)[O-])c1O. The van der Waals surface area contributed by atoms with Crippen LogP contribution in [0.4, 0.5) is 10.1 Å². The molecule has 14 heavy (non-hydrogen) atoms. The van der Waals surface area contributed by atoms with Crippen molar-refractivity contribution in [3.63, 3.8) is 0 Å². The van der Waals surface area contributed by atoms with Crippen LogP contribution in [0.15, 0.2) is 12.1 Å². The zero-order chi connectivity index (χ0) is 10.9. The van der Waals surface area contributed by atoms with Crippen molar-refractivity contribution in [1.82, 2.24) is 0 Å². The number of nitrogens with two attached hydrogens (primary N) is 1. The van der Waals surface area contributed by atoms with Gasteiger partial charge in [0.2, 0.25) is 11.6 Å². The van der Waals surface area contributed by atoms with Crippen molar-refractivity contribution >= 4 is 5.69 Å². The molecule has 0 aliphatic carbocycles. The number of benzene rings is 1. The molecule has 0 aliphatic heterocycles. The quantitative estimate of drug-likeness (QED) is 0.558. The molecule has 0 unspecified atom stereocenters. The summed E-state index contributed by atoms with van der Waals surface area (Å²) in [6.07, 6.45) is 0. The second-order valence-corrected chi connectivity index (χ2v) is 2.88. The number of nitrogens with zero attached hydrogens (tertiary/aromatic N) is 1. The van der Waals surface area contributed by atoms with Crippen molar-refractivity contribution in [1.29, 1.82) is 0 Å². The molecule has 0 aromatic heterocycles. The molecule has 0 bridgehead atoms. The number of hydrogen-bond acceptors (Lipinski definition) is 4. The predicted molar refractivity (Wildman–Crippen MR) is 47.3 cm³/mol. The summed E-state index contributed by atoms with van der Waals surface area (Å²) in [5, 5.41) is 19.7. The fourth-order valence-electron chi connectivity index (χ4n) is 1.11.